The van der Waals surface area contributed by atoms with Gasteiger partial charge in [0, 0.05) is 5.69 Å². The molecule has 0 aromatic heterocycles. The number of nitrogens with one attached hydrogen (secondary N) is 1. The molecule has 1 aliphatic heterocycles. The van der Waals surface area contributed by atoms with Crippen LogP contribution in [0.15, 0.2) is 77.7 Å². The molecule has 38 heavy (non-hydrogen) atoms. The molecule has 0 saturated carbocycles. The molecular formula is C28H23F3N2O3S2. The Bertz CT molecular complexity index is 1400. The van der Waals surface area contributed by atoms with E-state index >= 15 is 0 Å². The van der Waals surface area contributed by atoms with Crippen LogP contribution in [0.4, 0.5) is 24.5 Å². The zero-order valence-electron chi connectivity index (χ0n) is 20.4. The molecule has 0 aliphatic carbocycles. The van der Waals surface area contributed by atoms with Crippen molar-refractivity contribution in [3.63, 3.8) is 0 Å². The summed E-state index contributed by atoms with van der Waals surface area (Å²) in [7, 11) is 0. The molecule has 3 aromatic rings. The maximum Gasteiger partial charge on any atom is 0.416 e. The van der Waals surface area contributed by atoms with Gasteiger partial charge in [-0.25, -0.2) is 0 Å². The fourth-order valence-electron chi connectivity index (χ4n) is 3.77. The van der Waals surface area contributed by atoms with E-state index in [1.54, 1.807) is 30.3 Å². The van der Waals surface area contributed by atoms with Gasteiger partial charge >= 0.3 is 6.18 Å². The number of alkyl halides is 3. The summed E-state index contributed by atoms with van der Waals surface area (Å²) < 4.78 is 45.0. The Kier molecular flexibility index (Phi) is 8.23. The standard InChI is InChI=1S/C28H23F3N2O3S2/c1-17(2)22-8-3-4-9-23(22)32-25(34)16-36-21-12-10-18(11-13-21)14-24-26(35)33(27(37)38-24)20-7-5-6-19(15-20)28(29,30)31/h3-15,17H,16H2,1-2H3,(H,32,34)/b24-14-. The summed E-state index contributed by atoms with van der Waals surface area (Å²) in [5.74, 6) is -0.0742. The molecule has 0 bridgehead atoms. The Morgan fingerprint density at radius 1 is 1.08 bits per heavy atom. The SMILES string of the molecule is CC(C)c1ccccc1NC(=O)COc1ccc(/C=C2\SC(=S)N(c3cccc(C(F)(F)F)c3)C2=O)cc1. The molecule has 3 aromatic carbocycles. The van der Waals surface area contributed by atoms with Crippen molar-refractivity contribution in [3.8, 4) is 5.75 Å². The third-order valence-corrected chi connectivity index (χ3v) is 6.93. The Morgan fingerprint density at radius 2 is 1.79 bits per heavy atom. The fourth-order valence-corrected chi connectivity index (χ4v) is 5.07. The van der Waals surface area contributed by atoms with Gasteiger partial charge in [-0.3, -0.25) is 14.5 Å². The van der Waals surface area contributed by atoms with Gasteiger partial charge in [0.15, 0.2) is 10.9 Å². The zero-order chi connectivity index (χ0) is 27.4. The van der Waals surface area contributed by atoms with Gasteiger partial charge in [0.25, 0.3) is 11.8 Å². The van der Waals surface area contributed by atoms with Crippen molar-refractivity contribution >= 4 is 57.6 Å². The molecular weight excluding hydrogens is 533 g/mol. The van der Waals surface area contributed by atoms with Gasteiger partial charge in [-0.2, -0.15) is 13.2 Å². The van der Waals surface area contributed by atoms with Crippen LogP contribution in [-0.4, -0.2) is 22.7 Å². The third kappa shape index (κ3) is 6.43. The summed E-state index contributed by atoms with van der Waals surface area (Å²) in [5.41, 5.74) is 1.64. The number of carbonyl (C=O) groups is 2. The summed E-state index contributed by atoms with van der Waals surface area (Å²) in [4.78, 5) is 26.7. The van der Waals surface area contributed by atoms with Crippen LogP contribution < -0.4 is 15.0 Å². The van der Waals surface area contributed by atoms with Gasteiger partial charge in [-0.15, -0.1) is 0 Å². The highest BCUT2D eigenvalue weighted by atomic mass is 32.2. The monoisotopic (exact) mass is 556 g/mol. The number of hydrogen-bond donors (Lipinski definition) is 1. The molecule has 4 rings (SSSR count). The van der Waals surface area contributed by atoms with Crippen LogP contribution in [0.3, 0.4) is 0 Å². The van der Waals surface area contributed by atoms with Gasteiger partial charge in [0.05, 0.1) is 16.2 Å². The predicted molar refractivity (Wildman–Crippen MR) is 148 cm³/mol. The average Bonchev–Trinajstić information content (AvgIpc) is 3.15. The van der Waals surface area contributed by atoms with Crippen LogP contribution in [0.1, 0.15) is 36.5 Å². The van der Waals surface area contributed by atoms with E-state index in [4.69, 9.17) is 17.0 Å². The molecule has 0 atom stereocenters. The third-order valence-electron chi connectivity index (χ3n) is 5.63. The highest BCUT2D eigenvalue weighted by Gasteiger charge is 2.36. The Hall–Kier alpha value is -3.63. The quantitative estimate of drug-likeness (QED) is 0.245. The second-order valence-corrected chi connectivity index (χ2v) is 10.4. The second-order valence-electron chi connectivity index (χ2n) is 8.71. The zero-order valence-corrected chi connectivity index (χ0v) is 22.0. The maximum absolute atomic E-state index is 13.1. The van der Waals surface area contributed by atoms with Crippen molar-refractivity contribution in [3.05, 3.63) is 94.4 Å². The van der Waals surface area contributed by atoms with E-state index in [9.17, 15) is 22.8 Å². The number of halogens is 3. The van der Waals surface area contributed by atoms with Gasteiger partial charge < -0.3 is 10.1 Å². The van der Waals surface area contributed by atoms with Crippen molar-refractivity contribution in [1.29, 1.82) is 0 Å². The lowest BCUT2D eigenvalue weighted by atomic mass is 10.0. The number of nitrogens with zero attached hydrogens (tertiary/aromatic N) is 1. The number of anilines is 2. The first-order valence-corrected chi connectivity index (χ1v) is 12.8. The van der Waals surface area contributed by atoms with E-state index in [1.165, 1.54) is 12.1 Å². The number of ether oxygens (including phenoxy) is 1. The van der Waals surface area contributed by atoms with Crippen molar-refractivity contribution in [2.75, 3.05) is 16.8 Å². The number of carbonyl (C=O) groups excluding carboxylic acids is 2. The molecule has 196 valence electrons. The minimum atomic E-state index is -4.53. The van der Waals surface area contributed by atoms with E-state index in [0.29, 0.717) is 11.3 Å². The number of para-hydroxylation sites is 1. The highest BCUT2D eigenvalue weighted by Crippen LogP contribution is 2.38. The van der Waals surface area contributed by atoms with E-state index in [2.05, 4.69) is 5.32 Å². The molecule has 1 fully saturated rings. The van der Waals surface area contributed by atoms with Gasteiger partial charge in [0.2, 0.25) is 0 Å². The molecule has 0 unspecified atom stereocenters. The fraction of sp³-hybridized carbons (Fsp3) is 0.179. The minimum absolute atomic E-state index is 0.0590. The summed E-state index contributed by atoms with van der Waals surface area (Å²) in [5, 5.41) is 2.87. The molecule has 0 radical (unpaired) electrons. The van der Waals surface area contributed by atoms with Crippen molar-refractivity contribution in [2.45, 2.75) is 25.9 Å². The highest BCUT2D eigenvalue weighted by molar-refractivity contribution is 8.27. The minimum Gasteiger partial charge on any atom is -0.484 e. The molecule has 1 heterocycles. The van der Waals surface area contributed by atoms with E-state index in [0.717, 1.165) is 40.0 Å². The topological polar surface area (TPSA) is 58.6 Å². The molecule has 5 nitrogen and oxygen atoms in total. The number of rotatable bonds is 7. The molecule has 1 N–H and O–H groups in total. The maximum atomic E-state index is 13.1. The molecule has 2 amide bonds. The van der Waals surface area contributed by atoms with Gasteiger partial charge in [-0.1, -0.05) is 74.2 Å². The van der Waals surface area contributed by atoms with Crippen LogP contribution in [-0.2, 0) is 15.8 Å². The molecule has 0 spiro atoms. The molecule has 10 heteroatoms. The van der Waals surface area contributed by atoms with E-state index < -0.39 is 17.6 Å². The number of hydrogen-bond acceptors (Lipinski definition) is 5. The number of thioether (sulfide) groups is 1. The van der Waals surface area contributed by atoms with Crippen LogP contribution >= 0.6 is 24.0 Å². The van der Waals surface area contributed by atoms with Gasteiger partial charge in [-0.05, 0) is 59.5 Å². The van der Waals surface area contributed by atoms with Crippen molar-refractivity contribution in [2.24, 2.45) is 0 Å². The van der Waals surface area contributed by atoms with E-state index in [1.807, 2.05) is 38.1 Å². The second kappa shape index (κ2) is 11.4. The van der Waals surface area contributed by atoms with Crippen LogP contribution in [0, 0.1) is 0 Å². The van der Waals surface area contributed by atoms with Crippen LogP contribution in [0.25, 0.3) is 6.08 Å². The summed E-state index contributed by atoms with van der Waals surface area (Å²) in [6.07, 6.45) is -2.93. The number of thiocarbonyl (C=S) groups is 1. The van der Waals surface area contributed by atoms with Crippen molar-refractivity contribution < 1.29 is 27.5 Å². The summed E-state index contributed by atoms with van der Waals surface area (Å²) in [6, 6.07) is 18.8. The summed E-state index contributed by atoms with van der Waals surface area (Å²) >= 11 is 6.28. The number of benzene rings is 3. The predicted octanol–water partition coefficient (Wildman–Crippen LogP) is 7.25. The van der Waals surface area contributed by atoms with Crippen molar-refractivity contribution in [1.82, 2.24) is 0 Å². The first-order chi connectivity index (χ1) is 18.0. The Labute approximate surface area is 227 Å². The number of amides is 2. The van der Waals surface area contributed by atoms with Crippen LogP contribution in [0.2, 0.25) is 0 Å². The van der Waals surface area contributed by atoms with Gasteiger partial charge in [0.1, 0.15) is 5.75 Å². The van der Waals surface area contributed by atoms with E-state index in [-0.39, 0.29) is 33.3 Å². The largest absolute Gasteiger partial charge is 0.484 e. The first kappa shape index (κ1) is 27.4. The molecule has 1 aliphatic rings. The average molecular weight is 557 g/mol. The first-order valence-electron chi connectivity index (χ1n) is 11.6. The lowest BCUT2D eigenvalue weighted by Gasteiger charge is -2.16. The normalized spacial score (nSPS) is 14.9. The Morgan fingerprint density at radius 3 is 2.47 bits per heavy atom. The summed E-state index contributed by atoms with van der Waals surface area (Å²) in [6.45, 7) is 3.92. The Balaban J connectivity index is 1.39. The molecule has 1 saturated heterocycles. The van der Waals surface area contributed by atoms with Crippen LogP contribution in [0.5, 0.6) is 5.75 Å². The lowest BCUT2D eigenvalue weighted by Crippen LogP contribution is -2.27. The smallest absolute Gasteiger partial charge is 0.416 e. The lowest BCUT2D eigenvalue weighted by molar-refractivity contribution is -0.137.